The van der Waals surface area contributed by atoms with Gasteiger partial charge in [0.1, 0.15) is 11.5 Å². The summed E-state index contributed by atoms with van der Waals surface area (Å²) < 4.78 is 7.46. The summed E-state index contributed by atoms with van der Waals surface area (Å²) in [5.41, 5.74) is 16.3. The summed E-state index contributed by atoms with van der Waals surface area (Å²) in [5.74, 6) is 2.37. The van der Waals surface area contributed by atoms with Crippen molar-refractivity contribution < 1.29 is 4.74 Å². The molecule has 4 nitrogen and oxygen atoms in total. The number of ether oxygens (including phenoxy) is 1. The molecule has 0 unspecified atom stereocenters. The van der Waals surface area contributed by atoms with E-state index in [0.29, 0.717) is 5.82 Å². The van der Waals surface area contributed by atoms with Gasteiger partial charge in [0, 0.05) is 56.1 Å². The van der Waals surface area contributed by atoms with Crippen molar-refractivity contribution >= 4 is 10.9 Å². The number of nitrogens with zero attached hydrogens (tertiary/aromatic N) is 3. The van der Waals surface area contributed by atoms with Crippen LogP contribution in [0, 0.1) is 0 Å². The minimum absolute atomic E-state index is 0.639. The molecule has 2 aliphatic rings. The molecule has 0 radical (unpaired) electrons. The summed E-state index contributed by atoms with van der Waals surface area (Å²) in [7, 11) is 0. The molecule has 3 heterocycles. The minimum atomic E-state index is -0.639. The van der Waals surface area contributed by atoms with Crippen molar-refractivity contribution in [2.24, 2.45) is 0 Å². The second-order valence-corrected chi connectivity index (χ2v) is 15.5. The highest BCUT2D eigenvalue weighted by Crippen LogP contribution is 2.64. The number of rotatable bonds is 5. The summed E-state index contributed by atoms with van der Waals surface area (Å²) in [4.78, 5) is 15.1. The monoisotopic (exact) mass is 765 g/mol. The second kappa shape index (κ2) is 13.6. The van der Waals surface area contributed by atoms with Crippen LogP contribution in [0.3, 0.4) is 0 Å². The van der Waals surface area contributed by atoms with Gasteiger partial charge in [-0.05, 0) is 46.0 Å². The number of fused-ring (bicyclic) bond motifs is 10. The Balaban J connectivity index is 1.10. The molecule has 0 amide bonds. The van der Waals surface area contributed by atoms with Gasteiger partial charge in [-0.1, -0.05) is 188 Å². The van der Waals surface area contributed by atoms with Gasteiger partial charge in [-0.25, -0.2) is 9.97 Å². The van der Waals surface area contributed by atoms with Crippen LogP contribution in [0.15, 0.2) is 212 Å². The van der Waals surface area contributed by atoms with Crippen LogP contribution in [-0.2, 0) is 5.41 Å². The highest BCUT2D eigenvalue weighted by molar-refractivity contribution is 5.98. The molecule has 1 aliphatic heterocycles. The van der Waals surface area contributed by atoms with Gasteiger partial charge in [-0.2, -0.15) is 0 Å². The van der Waals surface area contributed by atoms with Crippen LogP contribution in [0.25, 0.3) is 78.2 Å². The van der Waals surface area contributed by atoms with Gasteiger partial charge in [-0.3, -0.25) is 4.98 Å². The summed E-state index contributed by atoms with van der Waals surface area (Å²) >= 11 is 0. The fourth-order valence-electron chi connectivity index (χ4n) is 9.62. The molecule has 0 atom stereocenters. The Morgan fingerprint density at radius 1 is 0.350 bits per heavy atom. The first-order chi connectivity index (χ1) is 29.8. The van der Waals surface area contributed by atoms with Crippen molar-refractivity contribution in [2.45, 2.75) is 5.41 Å². The Kier molecular flexibility index (Phi) is 7.72. The van der Waals surface area contributed by atoms with Gasteiger partial charge >= 0.3 is 0 Å². The molecule has 0 bridgehead atoms. The van der Waals surface area contributed by atoms with E-state index in [2.05, 4.69) is 164 Å². The summed E-state index contributed by atoms with van der Waals surface area (Å²) in [6, 6.07) is 72.8. The smallest absolute Gasteiger partial charge is 0.160 e. The SMILES string of the molecule is c1ccc(-c2cc(-c3cccc(-c4cccc5c4Oc4c(-c6cccc7cccnc67)cccc4C54c5ccccc5-c5ccccc54)c3)nc(-c3ccccc3)n2)cc1. The predicted molar refractivity (Wildman–Crippen MR) is 242 cm³/mol. The van der Waals surface area contributed by atoms with Crippen molar-refractivity contribution in [1.29, 1.82) is 0 Å². The van der Waals surface area contributed by atoms with Crippen LogP contribution in [0.4, 0.5) is 0 Å². The molecule has 2 aromatic heterocycles. The van der Waals surface area contributed by atoms with Crippen LogP contribution in [0.5, 0.6) is 11.5 Å². The molecule has 280 valence electrons. The first-order valence-corrected chi connectivity index (χ1v) is 20.3. The van der Waals surface area contributed by atoms with E-state index < -0.39 is 5.41 Å². The lowest BCUT2D eigenvalue weighted by atomic mass is 9.65. The van der Waals surface area contributed by atoms with Crippen molar-refractivity contribution in [1.82, 2.24) is 15.0 Å². The zero-order chi connectivity index (χ0) is 39.6. The fraction of sp³-hybridized carbons (Fsp3) is 0.0179. The highest BCUT2D eigenvalue weighted by atomic mass is 16.5. The first kappa shape index (κ1) is 34.1. The minimum Gasteiger partial charge on any atom is -0.455 e. The molecule has 60 heavy (non-hydrogen) atoms. The molecule has 12 rings (SSSR count). The van der Waals surface area contributed by atoms with Crippen molar-refractivity contribution in [3.05, 3.63) is 235 Å². The maximum absolute atomic E-state index is 7.46. The van der Waals surface area contributed by atoms with Crippen molar-refractivity contribution in [2.75, 3.05) is 0 Å². The van der Waals surface area contributed by atoms with Gasteiger partial charge in [-0.15, -0.1) is 0 Å². The van der Waals surface area contributed by atoms with Crippen LogP contribution in [0.1, 0.15) is 22.3 Å². The van der Waals surface area contributed by atoms with Crippen LogP contribution in [0.2, 0.25) is 0 Å². The second-order valence-electron chi connectivity index (χ2n) is 15.5. The van der Waals surface area contributed by atoms with E-state index in [1.54, 1.807) is 0 Å². The number of hydrogen-bond acceptors (Lipinski definition) is 4. The number of hydrogen-bond donors (Lipinski definition) is 0. The molecule has 0 saturated carbocycles. The quantitative estimate of drug-likeness (QED) is 0.175. The number of para-hydroxylation sites is 3. The normalized spacial score (nSPS) is 12.9. The molecule has 4 heteroatoms. The zero-order valence-corrected chi connectivity index (χ0v) is 32.5. The molecule has 8 aromatic carbocycles. The summed E-state index contributed by atoms with van der Waals surface area (Å²) in [6.07, 6.45) is 1.87. The van der Waals surface area contributed by atoms with Crippen LogP contribution >= 0.6 is 0 Å². The third-order valence-corrected chi connectivity index (χ3v) is 12.2. The topological polar surface area (TPSA) is 47.9 Å². The summed E-state index contributed by atoms with van der Waals surface area (Å²) in [6.45, 7) is 0. The zero-order valence-electron chi connectivity index (χ0n) is 32.5. The van der Waals surface area contributed by atoms with Crippen LogP contribution in [-0.4, -0.2) is 15.0 Å². The predicted octanol–water partition coefficient (Wildman–Crippen LogP) is 13.8. The number of aromatic nitrogens is 3. The van der Waals surface area contributed by atoms with Crippen molar-refractivity contribution in [3.63, 3.8) is 0 Å². The Morgan fingerprint density at radius 2 is 0.850 bits per heavy atom. The largest absolute Gasteiger partial charge is 0.455 e. The Morgan fingerprint density at radius 3 is 1.58 bits per heavy atom. The number of benzene rings is 8. The molecule has 1 aliphatic carbocycles. The van der Waals surface area contributed by atoms with E-state index in [4.69, 9.17) is 19.7 Å². The molecular formula is C56H35N3O. The summed E-state index contributed by atoms with van der Waals surface area (Å²) in [5, 5.41) is 1.09. The molecule has 1 spiro atoms. The maximum atomic E-state index is 7.46. The van der Waals surface area contributed by atoms with Gasteiger partial charge < -0.3 is 4.74 Å². The van der Waals surface area contributed by atoms with E-state index >= 15 is 0 Å². The van der Waals surface area contributed by atoms with E-state index in [9.17, 15) is 0 Å². The standard InChI is InChI=1S/C56H35N3O/c1-3-16-36(17-4-1)50-35-51(59-55(58-50)38-18-5-2-6-19-38)40-22-11-21-39(34-40)41-26-13-31-48-53(41)60-54-45(44-27-12-20-37-23-15-33-57-52(37)44)28-14-32-49(54)56(48)46-29-9-7-24-42(46)43-25-8-10-30-47(43)56/h1-35H. The molecule has 0 fully saturated rings. The van der Waals surface area contributed by atoms with E-state index in [1.165, 1.54) is 22.3 Å². The third kappa shape index (κ3) is 5.14. The third-order valence-electron chi connectivity index (χ3n) is 12.2. The Labute approximate surface area is 348 Å². The maximum Gasteiger partial charge on any atom is 0.160 e. The average molecular weight is 766 g/mol. The lowest BCUT2D eigenvalue weighted by Gasteiger charge is -2.40. The van der Waals surface area contributed by atoms with E-state index in [1.807, 2.05) is 48.7 Å². The van der Waals surface area contributed by atoms with Gasteiger partial charge in [0.15, 0.2) is 5.82 Å². The van der Waals surface area contributed by atoms with Crippen LogP contribution < -0.4 is 4.74 Å². The van der Waals surface area contributed by atoms with E-state index in [-0.39, 0.29) is 0 Å². The van der Waals surface area contributed by atoms with E-state index in [0.717, 1.165) is 83.9 Å². The average Bonchev–Trinajstić information content (AvgIpc) is 3.62. The first-order valence-electron chi connectivity index (χ1n) is 20.3. The lowest BCUT2D eigenvalue weighted by molar-refractivity contribution is 0.440. The van der Waals surface area contributed by atoms with Gasteiger partial charge in [0.2, 0.25) is 0 Å². The molecule has 0 N–H and O–H groups in total. The van der Waals surface area contributed by atoms with Gasteiger partial charge in [0.25, 0.3) is 0 Å². The Hall–Kier alpha value is -7.95. The molecular weight excluding hydrogens is 731 g/mol. The molecule has 0 saturated heterocycles. The van der Waals surface area contributed by atoms with Gasteiger partial charge in [0.05, 0.1) is 22.3 Å². The highest BCUT2D eigenvalue weighted by Gasteiger charge is 2.52. The Bertz CT molecular complexity index is 3190. The molecule has 10 aromatic rings. The number of pyridine rings is 1. The fourth-order valence-corrected chi connectivity index (χ4v) is 9.62. The lowest BCUT2D eigenvalue weighted by Crippen LogP contribution is -2.32. The van der Waals surface area contributed by atoms with Crippen molar-refractivity contribution in [3.8, 4) is 78.8 Å².